The Hall–Kier alpha value is -3.42. The van der Waals surface area contributed by atoms with Crippen molar-refractivity contribution >= 4 is 17.8 Å². The number of rotatable bonds is 9. The van der Waals surface area contributed by atoms with Gasteiger partial charge in [0.2, 0.25) is 11.8 Å². The highest BCUT2D eigenvalue weighted by Crippen LogP contribution is 2.14. The van der Waals surface area contributed by atoms with E-state index in [0.29, 0.717) is 16.9 Å². The van der Waals surface area contributed by atoms with Gasteiger partial charge in [0, 0.05) is 19.8 Å². The number of amides is 2. The summed E-state index contributed by atoms with van der Waals surface area (Å²) in [5, 5.41) is 14.5. The molecule has 7 nitrogen and oxygen atoms in total. The van der Waals surface area contributed by atoms with Crippen molar-refractivity contribution in [1.82, 2.24) is 10.6 Å². The third-order valence-corrected chi connectivity index (χ3v) is 4.24. The van der Waals surface area contributed by atoms with Crippen LogP contribution in [0, 0.1) is 5.82 Å². The maximum absolute atomic E-state index is 13.1. The van der Waals surface area contributed by atoms with Crippen LogP contribution in [0.4, 0.5) is 4.39 Å². The number of nitrogens with one attached hydrogen (secondary N) is 2. The minimum absolute atomic E-state index is 0.0433. The molecular weight excluding hydrogens is 379 g/mol. The normalized spacial score (nSPS) is 12.5. The number of hydrogen-bond acceptors (Lipinski definition) is 4. The van der Waals surface area contributed by atoms with Gasteiger partial charge in [0.1, 0.15) is 23.7 Å². The van der Waals surface area contributed by atoms with Gasteiger partial charge in [0.05, 0.1) is 7.11 Å². The zero-order valence-corrected chi connectivity index (χ0v) is 16.1. The number of carboxylic acid groups (broad SMARTS) is 1. The first-order chi connectivity index (χ1) is 13.8. The van der Waals surface area contributed by atoms with Crippen LogP contribution < -0.4 is 15.4 Å². The van der Waals surface area contributed by atoms with E-state index in [-0.39, 0.29) is 12.8 Å². The summed E-state index contributed by atoms with van der Waals surface area (Å²) in [6.07, 6.45) is 0.138. The van der Waals surface area contributed by atoms with Gasteiger partial charge in [0.25, 0.3) is 0 Å². The van der Waals surface area contributed by atoms with Gasteiger partial charge in [-0.2, -0.15) is 0 Å². The van der Waals surface area contributed by atoms with Crippen LogP contribution in [0.25, 0.3) is 0 Å². The average molecular weight is 402 g/mol. The fourth-order valence-corrected chi connectivity index (χ4v) is 2.82. The highest BCUT2D eigenvalue weighted by atomic mass is 19.1. The number of ether oxygens (including phenoxy) is 1. The number of halogens is 1. The van der Waals surface area contributed by atoms with Gasteiger partial charge in [-0.15, -0.1) is 0 Å². The zero-order valence-electron chi connectivity index (χ0n) is 16.1. The van der Waals surface area contributed by atoms with Crippen molar-refractivity contribution in [2.45, 2.75) is 31.8 Å². The second-order valence-corrected chi connectivity index (χ2v) is 6.54. The number of benzene rings is 2. The van der Waals surface area contributed by atoms with Gasteiger partial charge < -0.3 is 20.5 Å². The number of hydrogen-bond donors (Lipinski definition) is 3. The van der Waals surface area contributed by atoms with Crippen molar-refractivity contribution in [1.29, 1.82) is 0 Å². The largest absolute Gasteiger partial charge is 0.497 e. The number of methoxy groups -OCH3 is 1. The molecule has 0 aliphatic carbocycles. The summed E-state index contributed by atoms with van der Waals surface area (Å²) < 4.78 is 18.2. The number of aliphatic carboxylic acids is 1. The monoisotopic (exact) mass is 402 g/mol. The molecule has 0 aliphatic rings. The van der Waals surface area contributed by atoms with Gasteiger partial charge in [-0.1, -0.05) is 24.3 Å². The van der Waals surface area contributed by atoms with Crippen LogP contribution in [0.15, 0.2) is 48.5 Å². The Morgan fingerprint density at radius 3 is 2.24 bits per heavy atom. The quantitative estimate of drug-likeness (QED) is 0.592. The summed E-state index contributed by atoms with van der Waals surface area (Å²) in [4.78, 5) is 35.9. The lowest BCUT2D eigenvalue weighted by molar-refractivity contribution is -0.142. The molecule has 0 aromatic heterocycles. The van der Waals surface area contributed by atoms with Crippen LogP contribution in [0.2, 0.25) is 0 Å². The molecule has 154 valence electrons. The van der Waals surface area contributed by atoms with Gasteiger partial charge in [-0.3, -0.25) is 9.59 Å². The molecule has 2 amide bonds. The van der Waals surface area contributed by atoms with E-state index in [4.69, 9.17) is 4.74 Å². The number of carboxylic acids is 1. The molecule has 0 fully saturated rings. The summed E-state index contributed by atoms with van der Waals surface area (Å²) in [5.41, 5.74) is 1.30. The van der Waals surface area contributed by atoms with Crippen molar-refractivity contribution in [2.75, 3.05) is 7.11 Å². The summed E-state index contributed by atoms with van der Waals surface area (Å²) >= 11 is 0. The molecule has 0 spiro atoms. The van der Waals surface area contributed by atoms with Gasteiger partial charge in [-0.05, 0) is 35.4 Å². The van der Waals surface area contributed by atoms with Crippen molar-refractivity contribution in [3.63, 3.8) is 0 Å². The minimum Gasteiger partial charge on any atom is -0.497 e. The van der Waals surface area contributed by atoms with Crippen LogP contribution in [-0.4, -0.2) is 42.1 Å². The van der Waals surface area contributed by atoms with E-state index < -0.39 is 35.7 Å². The fraction of sp³-hybridized carbons (Fsp3) is 0.286. The molecule has 8 heteroatoms. The lowest BCUT2D eigenvalue weighted by Crippen LogP contribution is -2.52. The second-order valence-electron chi connectivity index (χ2n) is 6.54. The standard InChI is InChI=1S/C21H23FN2O5/c1-13(25)23-18(11-14-6-8-16(22)9-7-14)20(26)24-19(21(27)28)12-15-4-3-5-17(10-15)29-2/h3-10,18-19H,11-12H2,1-2H3,(H,23,25)(H,24,26)(H,27,28)/t18-,19-/m0/s1. The topological polar surface area (TPSA) is 105 Å². The van der Waals surface area contributed by atoms with Crippen molar-refractivity contribution in [2.24, 2.45) is 0 Å². The van der Waals surface area contributed by atoms with Gasteiger partial charge >= 0.3 is 5.97 Å². The maximum Gasteiger partial charge on any atom is 0.326 e. The fourth-order valence-electron chi connectivity index (χ4n) is 2.82. The first-order valence-corrected chi connectivity index (χ1v) is 8.96. The molecule has 2 aromatic rings. The minimum atomic E-state index is -1.20. The molecule has 0 saturated heterocycles. The molecular formula is C21H23FN2O5. The Kier molecular flexibility index (Phi) is 7.70. The third-order valence-electron chi connectivity index (χ3n) is 4.24. The lowest BCUT2D eigenvalue weighted by atomic mass is 10.0. The van der Waals surface area contributed by atoms with E-state index >= 15 is 0 Å². The molecule has 2 rings (SSSR count). The Bertz CT molecular complexity index is 870. The van der Waals surface area contributed by atoms with Crippen molar-refractivity contribution < 1.29 is 28.6 Å². The average Bonchev–Trinajstić information content (AvgIpc) is 2.68. The molecule has 0 heterocycles. The Labute approximate surface area is 167 Å². The number of carbonyl (C=O) groups is 3. The summed E-state index contributed by atoms with van der Waals surface area (Å²) in [6, 6.07) is 10.2. The van der Waals surface area contributed by atoms with Crippen molar-refractivity contribution in [3.8, 4) is 5.75 Å². The van der Waals surface area contributed by atoms with Gasteiger partial charge in [-0.25, -0.2) is 9.18 Å². The van der Waals surface area contributed by atoms with E-state index in [1.54, 1.807) is 24.3 Å². The SMILES string of the molecule is COc1cccc(C[C@H](NC(=O)[C@H](Cc2ccc(F)cc2)NC(C)=O)C(=O)O)c1. The van der Waals surface area contributed by atoms with E-state index in [0.717, 1.165) is 0 Å². The van der Waals surface area contributed by atoms with E-state index in [1.165, 1.54) is 38.3 Å². The molecule has 0 aliphatic heterocycles. The zero-order chi connectivity index (χ0) is 21.4. The van der Waals surface area contributed by atoms with Crippen LogP contribution in [0.3, 0.4) is 0 Å². The van der Waals surface area contributed by atoms with E-state index in [9.17, 15) is 23.9 Å². The molecule has 2 atom stereocenters. The Morgan fingerprint density at radius 1 is 1.00 bits per heavy atom. The second kappa shape index (κ2) is 10.2. The summed E-state index contributed by atoms with van der Waals surface area (Å²) in [5.74, 6) is -2.12. The molecule has 0 unspecified atom stereocenters. The summed E-state index contributed by atoms with van der Waals surface area (Å²) in [7, 11) is 1.50. The molecule has 0 bridgehead atoms. The highest BCUT2D eigenvalue weighted by molar-refractivity contribution is 5.90. The summed E-state index contributed by atoms with van der Waals surface area (Å²) in [6.45, 7) is 1.26. The van der Waals surface area contributed by atoms with Crippen LogP contribution in [-0.2, 0) is 27.2 Å². The lowest BCUT2D eigenvalue weighted by Gasteiger charge is -2.21. The highest BCUT2D eigenvalue weighted by Gasteiger charge is 2.26. The number of carbonyl (C=O) groups excluding carboxylic acids is 2. The first kappa shape index (κ1) is 21.9. The van der Waals surface area contributed by atoms with Crippen LogP contribution in [0.1, 0.15) is 18.1 Å². The Balaban J connectivity index is 2.13. The molecule has 29 heavy (non-hydrogen) atoms. The molecule has 0 saturated carbocycles. The van der Waals surface area contributed by atoms with Crippen molar-refractivity contribution in [3.05, 3.63) is 65.5 Å². The predicted octanol–water partition coefficient (Wildman–Crippen LogP) is 1.69. The van der Waals surface area contributed by atoms with E-state index in [2.05, 4.69) is 10.6 Å². The van der Waals surface area contributed by atoms with Crippen LogP contribution in [0.5, 0.6) is 5.75 Å². The van der Waals surface area contributed by atoms with Gasteiger partial charge in [0.15, 0.2) is 0 Å². The predicted molar refractivity (Wildman–Crippen MR) is 104 cm³/mol. The van der Waals surface area contributed by atoms with Crippen LogP contribution >= 0.6 is 0 Å². The third kappa shape index (κ3) is 6.91. The molecule has 0 radical (unpaired) electrons. The maximum atomic E-state index is 13.1. The smallest absolute Gasteiger partial charge is 0.326 e. The van der Waals surface area contributed by atoms with E-state index in [1.807, 2.05) is 0 Å². The molecule has 2 aromatic carbocycles. The first-order valence-electron chi connectivity index (χ1n) is 8.96. The molecule has 3 N–H and O–H groups in total. The Morgan fingerprint density at radius 2 is 1.66 bits per heavy atom.